The summed E-state index contributed by atoms with van der Waals surface area (Å²) in [7, 11) is 0. The molecule has 3 nitrogen and oxygen atoms in total. The van der Waals surface area contributed by atoms with Crippen molar-refractivity contribution in [2.24, 2.45) is 0 Å². The first kappa shape index (κ1) is 11.8. The monoisotopic (exact) mass is 252 g/mol. The molecule has 2 aromatic rings. The van der Waals surface area contributed by atoms with E-state index in [-0.39, 0.29) is 5.91 Å². The van der Waals surface area contributed by atoms with E-state index in [9.17, 15) is 4.79 Å². The lowest BCUT2D eigenvalue weighted by Gasteiger charge is -2.19. The lowest BCUT2D eigenvalue weighted by atomic mass is 10.1. The van der Waals surface area contributed by atoms with Gasteiger partial charge in [-0.2, -0.15) is 0 Å². The molecule has 19 heavy (non-hydrogen) atoms. The van der Waals surface area contributed by atoms with Crippen LogP contribution in [0.2, 0.25) is 0 Å². The molecule has 1 aliphatic heterocycles. The first-order valence-corrected chi connectivity index (χ1v) is 6.38. The minimum Gasteiger partial charge on any atom is -0.399 e. The normalized spacial score (nSPS) is 13.7. The Bertz CT molecular complexity index is 649. The van der Waals surface area contributed by atoms with Gasteiger partial charge in [-0.15, -0.1) is 0 Å². The van der Waals surface area contributed by atoms with Crippen LogP contribution in [0.15, 0.2) is 42.5 Å². The second-order valence-electron chi connectivity index (χ2n) is 4.97. The third-order valence-electron chi connectivity index (χ3n) is 3.63. The predicted molar refractivity (Wildman–Crippen MR) is 76.9 cm³/mol. The maximum atomic E-state index is 12.1. The minimum absolute atomic E-state index is 0.142. The lowest BCUT2D eigenvalue weighted by Crippen LogP contribution is -2.26. The van der Waals surface area contributed by atoms with Crippen LogP contribution in [0.4, 0.5) is 11.4 Å². The van der Waals surface area contributed by atoms with Gasteiger partial charge in [0.05, 0.1) is 13.0 Å². The molecule has 1 amide bonds. The average molecular weight is 252 g/mol. The summed E-state index contributed by atoms with van der Waals surface area (Å²) in [6.07, 6.45) is 0.451. The van der Waals surface area contributed by atoms with E-state index in [0.717, 1.165) is 11.3 Å². The van der Waals surface area contributed by atoms with Gasteiger partial charge in [0.2, 0.25) is 5.91 Å². The molecule has 0 saturated heterocycles. The highest BCUT2D eigenvalue weighted by Crippen LogP contribution is 2.32. The molecule has 0 saturated carbocycles. The van der Waals surface area contributed by atoms with Crippen LogP contribution in [0.3, 0.4) is 0 Å². The number of nitrogens with zero attached hydrogens (tertiary/aromatic N) is 1. The molecule has 96 valence electrons. The van der Waals surface area contributed by atoms with Crippen LogP contribution in [0.25, 0.3) is 0 Å². The van der Waals surface area contributed by atoms with Gasteiger partial charge in [0.1, 0.15) is 0 Å². The molecule has 0 spiro atoms. The first-order chi connectivity index (χ1) is 9.15. The van der Waals surface area contributed by atoms with Crippen LogP contribution < -0.4 is 10.6 Å². The number of hydrogen-bond donors (Lipinski definition) is 1. The largest absolute Gasteiger partial charge is 0.399 e. The summed E-state index contributed by atoms with van der Waals surface area (Å²) in [5, 5.41) is 0. The van der Waals surface area contributed by atoms with E-state index in [1.165, 1.54) is 11.1 Å². The van der Waals surface area contributed by atoms with Gasteiger partial charge in [-0.1, -0.05) is 24.3 Å². The molecule has 3 rings (SSSR count). The number of benzene rings is 2. The Morgan fingerprint density at radius 2 is 2.00 bits per heavy atom. The third-order valence-corrected chi connectivity index (χ3v) is 3.63. The summed E-state index contributed by atoms with van der Waals surface area (Å²) >= 11 is 0. The molecule has 0 atom stereocenters. The fraction of sp³-hybridized carbons (Fsp3) is 0.188. The van der Waals surface area contributed by atoms with E-state index < -0.39 is 0 Å². The van der Waals surface area contributed by atoms with Crippen molar-refractivity contribution in [2.45, 2.75) is 19.9 Å². The SMILES string of the molecule is Cc1ccccc1CN1C(=O)Cc2cc(N)ccc21. The minimum atomic E-state index is 0.142. The highest BCUT2D eigenvalue weighted by Gasteiger charge is 2.27. The average Bonchev–Trinajstić information content (AvgIpc) is 2.68. The number of anilines is 2. The number of nitrogens with two attached hydrogens (primary N) is 1. The van der Waals surface area contributed by atoms with Crippen molar-refractivity contribution in [3.8, 4) is 0 Å². The molecule has 2 aromatic carbocycles. The number of fused-ring (bicyclic) bond motifs is 1. The Morgan fingerprint density at radius 3 is 2.79 bits per heavy atom. The van der Waals surface area contributed by atoms with Crippen LogP contribution in [-0.4, -0.2) is 5.91 Å². The molecule has 0 radical (unpaired) electrons. The zero-order chi connectivity index (χ0) is 13.4. The number of nitrogen functional groups attached to an aromatic ring is 1. The second-order valence-corrected chi connectivity index (χ2v) is 4.97. The summed E-state index contributed by atoms with van der Waals surface area (Å²) in [4.78, 5) is 14.0. The molecule has 1 aliphatic rings. The first-order valence-electron chi connectivity index (χ1n) is 6.38. The van der Waals surface area contributed by atoms with Gasteiger partial charge < -0.3 is 10.6 Å². The fourth-order valence-corrected chi connectivity index (χ4v) is 2.53. The van der Waals surface area contributed by atoms with E-state index in [1.807, 2.05) is 35.2 Å². The topological polar surface area (TPSA) is 46.3 Å². The molecular formula is C16H16N2O. The number of carbonyl (C=O) groups excluding carboxylic acids is 1. The molecule has 0 unspecified atom stereocenters. The Kier molecular flexibility index (Phi) is 2.75. The van der Waals surface area contributed by atoms with Crippen molar-refractivity contribution < 1.29 is 4.79 Å². The number of amides is 1. The van der Waals surface area contributed by atoms with E-state index in [4.69, 9.17) is 5.73 Å². The van der Waals surface area contributed by atoms with Crippen LogP contribution in [0.1, 0.15) is 16.7 Å². The smallest absolute Gasteiger partial charge is 0.231 e. The molecular weight excluding hydrogens is 236 g/mol. The fourth-order valence-electron chi connectivity index (χ4n) is 2.53. The summed E-state index contributed by atoms with van der Waals surface area (Å²) in [5.74, 6) is 0.142. The number of rotatable bonds is 2. The van der Waals surface area contributed by atoms with Gasteiger partial charge >= 0.3 is 0 Å². The standard InChI is InChI=1S/C16H16N2O/c1-11-4-2-3-5-12(11)10-18-15-7-6-14(17)8-13(15)9-16(18)19/h2-8H,9-10,17H2,1H3. The molecule has 0 aromatic heterocycles. The molecule has 0 fully saturated rings. The van der Waals surface area contributed by atoms with E-state index in [0.29, 0.717) is 18.7 Å². The molecule has 0 bridgehead atoms. The summed E-state index contributed by atoms with van der Waals surface area (Å²) < 4.78 is 0. The van der Waals surface area contributed by atoms with Crippen LogP contribution in [0.5, 0.6) is 0 Å². The van der Waals surface area contributed by atoms with Crippen LogP contribution in [-0.2, 0) is 17.8 Å². The van der Waals surface area contributed by atoms with Gasteiger partial charge in [-0.25, -0.2) is 0 Å². The van der Waals surface area contributed by atoms with Crippen molar-refractivity contribution in [3.63, 3.8) is 0 Å². The summed E-state index contributed by atoms with van der Waals surface area (Å²) in [6, 6.07) is 13.8. The molecule has 0 aliphatic carbocycles. The molecule has 1 heterocycles. The van der Waals surface area contributed by atoms with Crippen molar-refractivity contribution >= 4 is 17.3 Å². The Balaban J connectivity index is 1.95. The van der Waals surface area contributed by atoms with Gasteiger partial charge in [0, 0.05) is 11.4 Å². The van der Waals surface area contributed by atoms with Crippen molar-refractivity contribution in [3.05, 3.63) is 59.2 Å². The summed E-state index contributed by atoms with van der Waals surface area (Å²) in [6.45, 7) is 2.70. The number of carbonyl (C=O) groups is 1. The van der Waals surface area contributed by atoms with E-state index in [2.05, 4.69) is 19.1 Å². The summed E-state index contributed by atoms with van der Waals surface area (Å²) in [5.41, 5.74) is 10.9. The van der Waals surface area contributed by atoms with E-state index >= 15 is 0 Å². The van der Waals surface area contributed by atoms with Crippen molar-refractivity contribution in [1.29, 1.82) is 0 Å². The Morgan fingerprint density at radius 1 is 1.21 bits per heavy atom. The van der Waals surface area contributed by atoms with E-state index in [1.54, 1.807) is 0 Å². The zero-order valence-corrected chi connectivity index (χ0v) is 10.9. The van der Waals surface area contributed by atoms with Crippen LogP contribution >= 0.6 is 0 Å². The highest BCUT2D eigenvalue weighted by molar-refractivity contribution is 6.01. The van der Waals surface area contributed by atoms with Gasteiger partial charge in [0.15, 0.2) is 0 Å². The predicted octanol–water partition coefficient (Wildman–Crippen LogP) is 2.67. The lowest BCUT2D eigenvalue weighted by molar-refractivity contribution is -0.117. The second kappa shape index (κ2) is 4.43. The van der Waals surface area contributed by atoms with Crippen molar-refractivity contribution in [1.82, 2.24) is 0 Å². The van der Waals surface area contributed by atoms with Crippen LogP contribution in [0, 0.1) is 6.92 Å². The maximum Gasteiger partial charge on any atom is 0.231 e. The van der Waals surface area contributed by atoms with Gasteiger partial charge in [0.25, 0.3) is 0 Å². The van der Waals surface area contributed by atoms with Gasteiger partial charge in [-0.3, -0.25) is 4.79 Å². The molecule has 3 heteroatoms. The quantitative estimate of drug-likeness (QED) is 0.835. The van der Waals surface area contributed by atoms with Crippen molar-refractivity contribution in [2.75, 3.05) is 10.6 Å². The zero-order valence-electron chi connectivity index (χ0n) is 10.9. The Hall–Kier alpha value is -2.29. The maximum absolute atomic E-state index is 12.1. The number of hydrogen-bond acceptors (Lipinski definition) is 2. The highest BCUT2D eigenvalue weighted by atomic mass is 16.2. The van der Waals surface area contributed by atoms with Gasteiger partial charge in [-0.05, 0) is 41.8 Å². The Labute approximate surface area is 112 Å². The molecule has 2 N–H and O–H groups in total. The third kappa shape index (κ3) is 2.08. The number of aryl methyl sites for hydroxylation is 1.